The van der Waals surface area contributed by atoms with Gasteiger partial charge in [-0.25, -0.2) is 4.39 Å². The molecule has 112 valence electrons. The van der Waals surface area contributed by atoms with Crippen molar-refractivity contribution in [2.24, 2.45) is 0 Å². The Kier molecular flexibility index (Phi) is 4.19. The maximum absolute atomic E-state index is 13.5. The van der Waals surface area contributed by atoms with E-state index in [-0.39, 0.29) is 12.8 Å². The largest absolute Gasteiger partial charge is 0.354 e. The first kappa shape index (κ1) is 15.8. The molecule has 1 aromatic rings. The van der Waals surface area contributed by atoms with Crippen molar-refractivity contribution in [3.63, 3.8) is 0 Å². The van der Waals surface area contributed by atoms with Crippen LogP contribution in [-0.2, 0) is 22.0 Å². The van der Waals surface area contributed by atoms with Crippen LogP contribution in [-0.4, -0.2) is 31.1 Å². The van der Waals surface area contributed by atoms with Gasteiger partial charge in [-0.3, -0.25) is 14.4 Å². The van der Waals surface area contributed by atoms with Gasteiger partial charge in [0.05, 0.1) is 0 Å². The Morgan fingerprint density at radius 3 is 2.25 bits per heavy atom. The van der Waals surface area contributed by atoms with Gasteiger partial charge in [0.15, 0.2) is 0 Å². The SMILES string of the molecule is O=P(O)(O)C(NC1Cc2cccc(F)c2C1)P(=O)(O)O. The van der Waals surface area contributed by atoms with Crippen molar-refractivity contribution in [2.45, 2.75) is 24.4 Å². The summed E-state index contributed by atoms with van der Waals surface area (Å²) in [6.45, 7) is 0. The van der Waals surface area contributed by atoms with Crippen LogP contribution in [0.2, 0.25) is 0 Å². The van der Waals surface area contributed by atoms with E-state index in [1.165, 1.54) is 12.1 Å². The van der Waals surface area contributed by atoms with Crippen molar-refractivity contribution < 1.29 is 33.1 Å². The van der Waals surface area contributed by atoms with Gasteiger partial charge >= 0.3 is 15.2 Å². The summed E-state index contributed by atoms with van der Waals surface area (Å²) >= 11 is 0. The Morgan fingerprint density at radius 1 is 1.15 bits per heavy atom. The normalized spacial score (nSPS) is 19.4. The highest BCUT2D eigenvalue weighted by molar-refractivity contribution is 7.70. The summed E-state index contributed by atoms with van der Waals surface area (Å²) in [6.07, 6.45) is 0.377. The van der Waals surface area contributed by atoms with E-state index in [1.807, 2.05) is 0 Å². The number of hydrogen-bond donors (Lipinski definition) is 5. The molecule has 0 amide bonds. The Hall–Kier alpha value is -0.590. The number of nitrogens with one attached hydrogen (secondary N) is 1. The van der Waals surface area contributed by atoms with Crippen molar-refractivity contribution in [1.29, 1.82) is 0 Å². The second-order valence-electron chi connectivity index (χ2n) is 4.70. The molecule has 0 saturated heterocycles. The van der Waals surface area contributed by atoms with Crippen LogP contribution in [0.3, 0.4) is 0 Å². The molecule has 2 rings (SSSR count). The van der Waals surface area contributed by atoms with Crippen LogP contribution in [0.4, 0.5) is 4.39 Å². The molecule has 5 N–H and O–H groups in total. The predicted molar refractivity (Wildman–Crippen MR) is 68.6 cm³/mol. The molecular weight excluding hydrogens is 311 g/mol. The third kappa shape index (κ3) is 3.35. The number of hydrogen-bond acceptors (Lipinski definition) is 3. The van der Waals surface area contributed by atoms with Gasteiger partial charge in [-0.05, 0) is 30.0 Å². The Bertz CT molecular complexity index is 590. The van der Waals surface area contributed by atoms with E-state index in [4.69, 9.17) is 19.6 Å². The molecule has 0 spiro atoms. The molecule has 1 aliphatic rings. The third-order valence-electron chi connectivity index (χ3n) is 3.15. The van der Waals surface area contributed by atoms with E-state index >= 15 is 0 Å². The molecule has 1 aliphatic carbocycles. The lowest BCUT2D eigenvalue weighted by molar-refractivity contribution is 0.320. The van der Waals surface area contributed by atoms with Gasteiger partial charge in [-0.2, -0.15) is 0 Å². The first-order chi connectivity index (χ1) is 9.09. The molecule has 10 heteroatoms. The second kappa shape index (κ2) is 5.31. The lowest BCUT2D eigenvalue weighted by Crippen LogP contribution is -2.38. The molecule has 0 heterocycles. The molecule has 1 unspecified atom stereocenters. The average molecular weight is 325 g/mol. The molecule has 0 aliphatic heterocycles. The summed E-state index contributed by atoms with van der Waals surface area (Å²) < 4.78 is 35.9. The molecule has 1 atom stereocenters. The van der Waals surface area contributed by atoms with E-state index in [2.05, 4.69) is 5.32 Å². The van der Waals surface area contributed by atoms with Crippen molar-refractivity contribution in [3.05, 3.63) is 35.1 Å². The van der Waals surface area contributed by atoms with Gasteiger partial charge in [-0.15, -0.1) is 0 Å². The van der Waals surface area contributed by atoms with Crippen LogP contribution in [0.25, 0.3) is 0 Å². The lowest BCUT2D eigenvalue weighted by atomic mass is 10.1. The molecule has 0 bridgehead atoms. The lowest BCUT2D eigenvalue weighted by Gasteiger charge is -2.24. The molecule has 0 fully saturated rings. The summed E-state index contributed by atoms with van der Waals surface area (Å²) in [7, 11) is -10.1. The van der Waals surface area contributed by atoms with Crippen LogP contribution in [0, 0.1) is 5.82 Å². The summed E-state index contributed by atoms with van der Waals surface area (Å²) in [5.74, 6) is -0.435. The summed E-state index contributed by atoms with van der Waals surface area (Å²) in [5.41, 5.74) is -1.20. The predicted octanol–water partition coefficient (Wildman–Crippen LogP) is 0.521. The van der Waals surface area contributed by atoms with Gasteiger partial charge in [-0.1, -0.05) is 12.1 Å². The monoisotopic (exact) mass is 325 g/mol. The Labute approximate surface area is 114 Å². The maximum Gasteiger partial charge on any atom is 0.354 e. The summed E-state index contributed by atoms with van der Waals surface area (Å²) in [5, 5.41) is 2.28. The Morgan fingerprint density at radius 2 is 1.75 bits per heavy atom. The van der Waals surface area contributed by atoms with Crippen molar-refractivity contribution in [2.75, 3.05) is 0 Å². The topological polar surface area (TPSA) is 127 Å². The van der Waals surface area contributed by atoms with Gasteiger partial charge in [0.2, 0.25) is 5.52 Å². The van der Waals surface area contributed by atoms with Crippen LogP contribution >= 0.6 is 15.2 Å². The first-order valence-electron chi connectivity index (χ1n) is 5.72. The van der Waals surface area contributed by atoms with Crippen molar-refractivity contribution in [1.82, 2.24) is 5.32 Å². The fraction of sp³-hybridized carbons (Fsp3) is 0.400. The third-order valence-corrected chi connectivity index (χ3v) is 6.53. The number of halogens is 1. The van der Waals surface area contributed by atoms with E-state index in [1.54, 1.807) is 6.07 Å². The minimum atomic E-state index is -5.03. The van der Waals surface area contributed by atoms with Gasteiger partial charge in [0.1, 0.15) is 5.82 Å². The highest BCUT2D eigenvalue weighted by atomic mass is 31.2. The van der Waals surface area contributed by atoms with Gasteiger partial charge in [0, 0.05) is 6.04 Å². The van der Waals surface area contributed by atoms with E-state index in [0.717, 1.165) is 0 Å². The molecular formula is C10H14FNO6P2. The zero-order chi connectivity index (χ0) is 15.1. The maximum atomic E-state index is 13.5. The highest BCUT2D eigenvalue weighted by Crippen LogP contribution is 2.58. The Balaban J connectivity index is 2.18. The molecule has 0 radical (unpaired) electrons. The van der Waals surface area contributed by atoms with Crippen LogP contribution in [0.15, 0.2) is 18.2 Å². The van der Waals surface area contributed by atoms with Crippen molar-refractivity contribution >= 4 is 15.2 Å². The molecule has 1 aromatic carbocycles. The molecule has 0 aromatic heterocycles. The fourth-order valence-corrected chi connectivity index (χ4v) is 4.70. The minimum absolute atomic E-state index is 0.124. The first-order valence-corrected chi connectivity index (χ1v) is 9.08. The number of benzene rings is 1. The number of fused-ring (bicyclic) bond motifs is 1. The number of rotatable bonds is 4. The smallest absolute Gasteiger partial charge is 0.323 e. The van der Waals surface area contributed by atoms with Gasteiger partial charge in [0.25, 0.3) is 0 Å². The summed E-state index contributed by atoms with van der Waals surface area (Å²) in [6, 6.07) is 3.82. The van der Waals surface area contributed by atoms with Crippen molar-refractivity contribution in [3.8, 4) is 0 Å². The summed E-state index contributed by atoms with van der Waals surface area (Å²) in [4.78, 5) is 36.1. The van der Waals surface area contributed by atoms with E-state index in [0.29, 0.717) is 11.1 Å². The zero-order valence-corrected chi connectivity index (χ0v) is 12.0. The average Bonchev–Trinajstić information content (AvgIpc) is 2.67. The van der Waals surface area contributed by atoms with Gasteiger partial charge < -0.3 is 19.6 Å². The molecule has 0 saturated carbocycles. The van der Waals surface area contributed by atoms with E-state index in [9.17, 15) is 13.5 Å². The van der Waals surface area contributed by atoms with Crippen LogP contribution in [0.5, 0.6) is 0 Å². The minimum Gasteiger partial charge on any atom is -0.323 e. The van der Waals surface area contributed by atoms with E-state index < -0.39 is 32.6 Å². The van der Waals surface area contributed by atoms with Crippen LogP contribution in [0.1, 0.15) is 11.1 Å². The fourth-order valence-electron chi connectivity index (χ4n) is 2.33. The second-order valence-corrected chi connectivity index (χ2v) is 8.50. The molecule has 20 heavy (non-hydrogen) atoms. The highest BCUT2D eigenvalue weighted by Gasteiger charge is 2.45. The quantitative estimate of drug-likeness (QED) is 0.511. The van der Waals surface area contributed by atoms with Crippen LogP contribution < -0.4 is 5.32 Å². The standard InChI is InChI=1S/C10H14FNO6P2/c11-9-3-1-2-6-4-7(5-8(6)9)12-10(19(13,14)15)20(16,17)18/h1-3,7,10,12H,4-5H2,(H2,13,14,15)(H2,16,17,18). The zero-order valence-electron chi connectivity index (χ0n) is 10.2. The molecule has 7 nitrogen and oxygen atoms in total.